The Morgan fingerprint density at radius 2 is 2.00 bits per heavy atom. The van der Waals surface area contributed by atoms with Gasteiger partial charge < -0.3 is 4.90 Å². The predicted molar refractivity (Wildman–Crippen MR) is 86.8 cm³/mol. The Balaban J connectivity index is 2.31. The minimum atomic E-state index is -0.123. The SMILES string of the molecule is CC(C)CN(C(=O)c1cc(Cl)nc(C(C)(C)C)c1)C1CC1. The molecule has 1 aliphatic rings. The lowest BCUT2D eigenvalue weighted by molar-refractivity contribution is 0.0722. The maximum absolute atomic E-state index is 12.8. The lowest BCUT2D eigenvalue weighted by Crippen LogP contribution is -2.36. The standard InChI is InChI=1S/C17H25ClN2O/c1-11(2)10-20(13-6-7-13)16(21)12-8-14(17(3,4)5)19-15(18)9-12/h8-9,11,13H,6-7,10H2,1-5H3. The van der Waals surface area contributed by atoms with Gasteiger partial charge in [-0.15, -0.1) is 0 Å². The van der Waals surface area contributed by atoms with E-state index >= 15 is 0 Å². The van der Waals surface area contributed by atoms with Crippen LogP contribution in [-0.4, -0.2) is 28.4 Å². The highest BCUT2D eigenvalue weighted by Crippen LogP contribution is 2.30. The molecule has 0 bridgehead atoms. The second-order valence-corrected chi connectivity index (χ2v) is 7.78. The van der Waals surface area contributed by atoms with E-state index in [0.717, 1.165) is 25.1 Å². The van der Waals surface area contributed by atoms with Gasteiger partial charge >= 0.3 is 0 Å². The third kappa shape index (κ3) is 4.19. The number of carbonyl (C=O) groups excluding carboxylic acids is 1. The van der Waals surface area contributed by atoms with Crippen LogP contribution in [0.5, 0.6) is 0 Å². The average molecular weight is 309 g/mol. The summed E-state index contributed by atoms with van der Waals surface area (Å²) in [6.45, 7) is 11.3. The zero-order chi connectivity index (χ0) is 15.8. The topological polar surface area (TPSA) is 33.2 Å². The largest absolute Gasteiger partial charge is 0.335 e. The molecule has 4 heteroatoms. The molecule has 0 unspecified atom stereocenters. The fraction of sp³-hybridized carbons (Fsp3) is 0.647. The summed E-state index contributed by atoms with van der Waals surface area (Å²) in [7, 11) is 0. The Labute approximate surface area is 132 Å². The average Bonchev–Trinajstić information content (AvgIpc) is 3.17. The second-order valence-electron chi connectivity index (χ2n) is 7.40. The van der Waals surface area contributed by atoms with Crippen LogP contribution in [0.15, 0.2) is 12.1 Å². The van der Waals surface area contributed by atoms with E-state index in [1.807, 2.05) is 11.0 Å². The van der Waals surface area contributed by atoms with Crippen molar-refractivity contribution >= 4 is 17.5 Å². The zero-order valence-corrected chi connectivity index (χ0v) is 14.4. The van der Waals surface area contributed by atoms with Gasteiger partial charge in [-0.2, -0.15) is 0 Å². The minimum absolute atomic E-state index is 0.0843. The van der Waals surface area contributed by atoms with Crippen LogP contribution in [0.2, 0.25) is 5.15 Å². The molecule has 1 saturated carbocycles. The molecule has 0 spiro atoms. The molecule has 0 atom stereocenters. The third-order valence-corrected chi connectivity index (χ3v) is 3.81. The van der Waals surface area contributed by atoms with Crippen molar-refractivity contribution in [3.63, 3.8) is 0 Å². The Morgan fingerprint density at radius 1 is 1.38 bits per heavy atom. The summed E-state index contributed by atoms with van der Waals surface area (Å²) >= 11 is 6.12. The lowest BCUT2D eigenvalue weighted by Gasteiger charge is -2.25. The summed E-state index contributed by atoms with van der Waals surface area (Å²) in [5.41, 5.74) is 1.40. The Hall–Kier alpha value is -1.09. The number of amides is 1. The van der Waals surface area contributed by atoms with E-state index < -0.39 is 0 Å². The number of nitrogens with zero attached hydrogens (tertiary/aromatic N) is 2. The van der Waals surface area contributed by atoms with Crippen LogP contribution < -0.4 is 0 Å². The Bertz CT molecular complexity index is 530. The Kier molecular flexibility index (Phi) is 4.62. The van der Waals surface area contributed by atoms with Gasteiger partial charge in [-0.05, 0) is 30.9 Å². The van der Waals surface area contributed by atoms with Crippen LogP contribution in [0.4, 0.5) is 0 Å². The number of carbonyl (C=O) groups is 1. The molecule has 3 nitrogen and oxygen atoms in total. The quantitative estimate of drug-likeness (QED) is 0.777. The lowest BCUT2D eigenvalue weighted by atomic mass is 9.90. The highest BCUT2D eigenvalue weighted by molar-refractivity contribution is 6.29. The predicted octanol–water partition coefficient (Wildman–Crippen LogP) is 4.29. The summed E-state index contributed by atoms with van der Waals surface area (Å²) < 4.78 is 0. The first-order valence-corrected chi connectivity index (χ1v) is 8.05. The molecule has 1 aliphatic carbocycles. The summed E-state index contributed by atoms with van der Waals surface area (Å²) in [4.78, 5) is 19.2. The molecule has 21 heavy (non-hydrogen) atoms. The van der Waals surface area contributed by atoms with Gasteiger partial charge in [-0.1, -0.05) is 46.2 Å². The molecule has 1 amide bonds. The molecule has 1 aromatic heterocycles. The van der Waals surface area contributed by atoms with Gasteiger partial charge in [0, 0.05) is 29.3 Å². The van der Waals surface area contributed by atoms with Crippen molar-refractivity contribution < 1.29 is 4.79 Å². The van der Waals surface area contributed by atoms with Crippen molar-refractivity contribution in [2.75, 3.05) is 6.54 Å². The molecule has 1 heterocycles. The van der Waals surface area contributed by atoms with Crippen molar-refractivity contribution in [3.05, 3.63) is 28.5 Å². The van der Waals surface area contributed by atoms with Crippen molar-refractivity contribution in [2.24, 2.45) is 5.92 Å². The third-order valence-electron chi connectivity index (χ3n) is 3.62. The minimum Gasteiger partial charge on any atom is -0.335 e. The molecule has 0 aliphatic heterocycles. The summed E-state index contributed by atoms with van der Waals surface area (Å²) in [5.74, 6) is 0.551. The van der Waals surface area contributed by atoms with E-state index in [9.17, 15) is 4.79 Å². The molecule has 0 saturated heterocycles. The fourth-order valence-electron chi connectivity index (χ4n) is 2.35. The van der Waals surface area contributed by atoms with Gasteiger partial charge in [-0.25, -0.2) is 4.98 Å². The number of hydrogen-bond donors (Lipinski definition) is 0. The number of rotatable bonds is 4. The van der Waals surface area contributed by atoms with Crippen LogP contribution in [0, 0.1) is 5.92 Å². The molecular formula is C17H25ClN2O. The normalized spacial score (nSPS) is 15.4. The van der Waals surface area contributed by atoms with E-state index in [2.05, 4.69) is 39.6 Å². The van der Waals surface area contributed by atoms with Gasteiger partial charge in [0.05, 0.1) is 0 Å². The number of pyridine rings is 1. The van der Waals surface area contributed by atoms with E-state index in [4.69, 9.17) is 11.6 Å². The zero-order valence-electron chi connectivity index (χ0n) is 13.6. The number of halogens is 1. The van der Waals surface area contributed by atoms with Gasteiger partial charge in [-0.3, -0.25) is 4.79 Å². The van der Waals surface area contributed by atoms with Crippen LogP contribution in [0.1, 0.15) is 63.5 Å². The van der Waals surface area contributed by atoms with E-state index in [0.29, 0.717) is 22.7 Å². The van der Waals surface area contributed by atoms with Crippen LogP contribution in [0.3, 0.4) is 0 Å². The van der Waals surface area contributed by atoms with Gasteiger partial charge in [0.2, 0.25) is 0 Å². The maximum atomic E-state index is 12.8. The fourth-order valence-corrected chi connectivity index (χ4v) is 2.56. The van der Waals surface area contributed by atoms with E-state index in [-0.39, 0.29) is 11.3 Å². The summed E-state index contributed by atoms with van der Waals surface area (Å²) in [6, 6.07) is 3.99. The number of aromatic nitrogens is 1. The van der Waals surface area contributed by atoms with E-state index in [1.165, 1.54) is 0 Å². The highest BCUT2D eigenvalue weighted by atomic mass is 35.5. The highest BCUT2D eigenvalue weighted by Gasteiger charge is 2.33. The molecule has 0 aromatic carbocycles. The molecule has 0 N–H and O–H groups in total. The van der Waals surface area contributed by atoms with Crippen molar-refractivity contribution in [3.8, 4) is 0 Å². The summed E-state index contributed by atoms with van der Waals surface area (Å²) in [5, 5.41) is 0.395. The Morgan fingerprint density at radius 3 is 2.48 bits per heavy atom. The molecule has 116 valence electrons. The van der Waals surface area contributed by atoms with Crippen molar-refractivity contribution in [2.45, 2.75) is 58.9 Å². The smallest absolute Gasteiger partial charge is 0.254 e. The van der Waals surface area contributed by atoms with Crippen LogP contribution in [-0.2, 0) is 5.41 Å². The molecule has 1 fully saturated rings. The summed E-state index contributed by atoms with van der Waals surface area (Å²) in [6.07, 6.45) is 2.23. The van der Waals surface area contributed by atoms with E-state index in [1.54, 1.807) is 6.07 Å². The first-order chi connectivity index (χ1) is 9.68. The van der Waals surface area contributed by atoms with Crippen molar-refractivity contribution in [1.82, 2.24) is 9.88 Å². The monoisotopic (exact) mass is 308 g/mol. The molecular weight excluding hydrogens is 284 g/mol. The first kappa shape index (κ1) is 16.3. The van der Waals surface area contributed by atoms with Crippen molar-refractivity contribution in [1.29, 1.82) is 0 Å². The first-order valence-electron chi connectivity index (χ1n) is 7.67. The number of hydrogen-bond acceptors (Lipinski definition) is 2. The molecule has 1 aromatic rings. The van der Waals surface area contributed by atoms with Crippen LogP contribution >= 0.6 is 11.6 Å². The molecule has 0 radical (unpaired) electrons. The van der Waals surface area contributed by atoms with Gasteiger partial charge in [0.25, 0.3) is 5.91 Å². The van der Waals surface area contributed by atoms with Gasteiger partial charge in [0.1, 0.15) is 5.15 Å². The second kappa shape index (κ2) is 5.96. The van der Waals surface area contributed by atoms with Gasteiger partial charge in [0.15, 0.2) is 0 Å². The molecule has 2 rings (SSSR count). The maximum Gasteiger partial charge on any atom is 0.254 e. The van der Waals surface area contributed by atoms with Crippen LogP contribution in [0.25, 0.3) is 0 Å².